The molecule has 3 heterocycles. The number of aromatic nitrogens is 2. The summed E-state index contributed by atoms with van der Waals surface area (Å²) in [5, 5.41) is 4.12. The molecule has 7 nitrogen and oxygen atoms in total. The van der Waals surface area contributed by atoms with Crippen LogP contribution in [0.4, 0.5) is 5.82 Å². The lowest BCUT2D eigenvalue weighted by Gasteiger charge is -2.29. The van der Waals surface area contributed by atoms with Crippen molar-refractivity contribution in [2.75, 3.05) is 25.1 Å². The molecule has 4 rings (SSSR count). The molecule has 1 N–H and O–H groups in total. The first-order valence-corrected chi connectivity index (χ1v) is 9.01. The van der Waals surface area contributed by atoms with Gasteiger partial charge in [0, 0.05) is 18.0 Å². The van der Waals surface area contributed by atoms with Crippen molar-refractivity contribution in [2.45, 2.75) is 32.2 Å². The molecule has 8 heteroatoms. The third-order valence-electron chi connectivity index (χ3n) is 4.64. The first kappa shape index (κ1) is 16.1. The zero-order valence-electron chi connectivity index (χ0n) is 13.6. The molecule has 1 amide bonds. The minimum atomic E-state index is -0.0717. The van der Waals surface area contributed by atoms with Crippen LogP contribution in [0.3, 0.4) is 0 Å². The third-order valence-corrected chi connectivity index (χ3v) is 5.48. The number of halogens is 1. The van der Waals surface area contributed by atoms with E-state index in [1.165, 1.54) is 6.33 Å². The van der Waals surface area contributed by atoms with Crippen LogP contribution >= 0.6 is 22.9 Å². The van der Waals surface area contributed by atoms with Crippen molar-refractivity contribution in [3.05, 3.63) is 17.7 Å². The largest absolute Gasteiger partial charge is 0.442 e. The second-order valence-corrected chi connectivity index (χ2v) is 8.04. The van der Waals surface area contributed by atoms with E-state index in [-0.39, 0.29) is 11.4 Å². The van der Waals surface area contributed by atoms with Gasteiger partial charge in [0.05, 0.1) is 47.0 Å². The maximum Gasteiger partial charge on any atom is 0.266 e. The Balaban J connectivity index is 1.70. The molecule has 0 radical (unpaired) electrons. The Morgan fingerprint density at radius 1 is 1.46 bits per heavy atom. The van der Waals surface area contributed by atoms with Gasteiger partial charge in [-0.25, -0.2) is 9.97 Å². The van der Waals surface area contributed by atoms with E-state index < -0.39 is 0 Å². The summed E-state index contributed by atoms with van der Waals surface area (Å²) in [7, 11) is 0. The second kappa shape index (κ2) is 5.83. The molecule has 0 atom stereocenters. The predicted octanol–water partition coefficient (Wildman–Crippen LogP) is 2.93. The van der Waals surface area contributed by atoms with Crippen LogP contribution in [-0.4, -0.2) is 44.3 Å². The fraction of sp³-hybridized carbons (Fsp3) is 0.562. The van der Waals surface area contributed by atoms with Gasteiger partial charge in [0.2, 0.25) is 5.71 Å². The lowest BCUT2D eigenvalue weighted by Crippen LogP contribution is -2.38. The third kappa shape index (κ3) is 2.85. The summed E-state index contributed by atoms with van der Waals surface area (Å²) < 4.78 is 12.6. The summed E-state index contributed by atoms with van der Waals surface area (Å²) >= 11 is 2.07. The van der Waals surface area contributed by atoms with E-state index in [0.717, 1.165) is 12.8 Å². The van der Waals surface area contributed by atoms with Crippen LogP contribution in [0.15, 0.2) is 10.7 Å². The number of ether oxygens (including phenoxy) is 1. The van der Waals surface area contributed by atoms with E-state index in [1.54, 1.807) is 10.0 Å². The Bertz CT molecular complexity index is 798. The van der Waals surface area contributed by atoms with Crippen molar-refractivity contribution in [1.29, 1.82) is 0 Å². The number of amides is 1. The number of nitrogens with zero attached hydrogens (tertiary/aromatic N) is 3. The van der Waals surface area contributed by atoms with Gasteiger partial charge in [0.1, 0.15) is 17.9 Å². The number of anilines is 1. The lowest BCUT2D eigenvalue weighted by atomic mass is 10.1. The van der Waals surface area contributed by atoms with Crippen LogP contribution in [0.1, 0.15) is 35.9 Å². The highest BCUT2D eigenvalue weighted by Gasteiger charge is 2.39. The monoisotopic (exact) mass is 442 g/mol. The van der Waals surface area contributed by atoms with Crippen LogP contribution in [0.5, 0.6) is 0 Å². The highest BCUT2D eigenvalue weighted by Crippen LogP contribution is 2.40. The molecule has 0 unspecified atom stereocenters. The minimum absolute atomic E-state index is 0.0556. The first-order valence-electron chi connectivity index (χ1n) is 8.04. The molecule has 0 bridgehead atoms. The summed E-state index contributed by atoms with van der Waals surface area (Å²) in [5.74, 6) is 1.59. The van der Waals surface area contributed by atoms with Crippen molar-refractivity contribution >= 4 is 45.7 Å². The Morgan fingerprint density at radius 2 is 2.21 bits per heavy atom. The van der Waals surface area contributed by atoms with Gasteiger partial charge in [-0.1, -0.05) is 0 Å². The van der Waals surface area contributed by atoms with E-state index in [1.807, 2.05) is 0 Å². The molecule has 1 saturated carbocycles. The van der Waals surface area contributed by atoms with Gasteiger partial charge >= 0.3 is 0 Å². The number of fused-ring (bicyclic) bond motifs is 1. The molecule has 2 aliphatic rings. The van der Waals surface area contributed by atoms with Crippen LogP contribution in [0, 0.1) is 12.8 Å². The summed E-state index contributed by atoms with van der Waals surface area (Å²) in [4.78, 5) is 21.5. The molecule has 2 aromatic rings. The Kier molecular flexibility index (Phi) is 3.91. The van der Waals surface area contributed by atoms with Crippen molar-refractivity contribution in [3.8, 4) is 0 Å². The number of furan rings is 1. The van der Waals surface area contributed by atoms with Crippen LogP contribution < -0.4 is 5.32 Å². The van der Waals surface area contributed by atoms with Gasteiger partial charge in [-0.15, -0.1) is 0 Å². The second-order valence-electron chi connectivity index (χ2n) is 6.87. The summed E-state index contributed by atoms with van der Waals surface area (Å²) in [6.45, 7) is 6.04. The van der Waals surface area contributed by atoms with Crippen molar-refractivity contribution in [3.63, 3.8) is 0 Å². The van der Waals surface area contributed by atoms with Gasteiger partial charge in [-0.05, 0) is 26.7 Å². The maximum atomic E-state index is 13.0. The number of hydrogen-bond acceptors (Lipinski definition) is 6. The van der Waals surface area contributed by atoms with Gasteiger partial charge in [-0.2, -0.15) is 0 Å². The molecule has 128 valence electrons. The summed E-state index contributed by atoms with van der Waals surface area (Å²) in [5.41, 5.74) is 1.06. The zero-order chi connectivity index (χ0) is 16.9. The lowest BCUT2D eigenvalue weighted by molar-refractivity contribution is -0.0347. The molecule has 0 aromatic carbocycles. The highest BCUT2D eigenvalue weighted by molar-refractivity contribution is 14.1. The van der Waals surface area contributed by atoms with Gasteiger partial charge < -0.3 is 14.5 Å². The molecular weight excluding hydrogens is 423 g/mol. The molecule has 2 aromatic heterocycles. The molecule has 0 spiro atoms. The van der Waals surface area contributed by atoms with Gasteiger partial charge in [-0.3, -0.25) is 7.91 Å². The molecule has 1 aliphatic carbocycles. The van der Waals surface area contributed by atoms with Crippen LogP contribution in [-0.2, 0) is 4.74 Å². The van der Waals surface area contributed by atoms with E-state index in [4.69, 9.17) is 9.15 Å². The smallest absolute Gasteiger partial charge is 0.266 e. The Labute approximate surface area is 153 Å². The summed E-state index contributed by atoms with van der Waals surface area (Å²) in [6, 6.07) is 0. The molecule has 2 fully saturated rings. The normalized spacial score (nSPS) is 19.1. The minimum Gasteiger partial charge on any atom is -0.442 e. The Hall–Kier alpha value is -1.42. The van der Waals surface area contributed by atoms with Gasteiger partial charge in [0.25, 0.3) is 5.91 Å². The fourth-order valence-electron chi connectivity index (χ4n) is 2.82. The van der Waals surface area contributed by atoms with Crippen LogP contribution in [0.25, 0.3) is 11.1 Å². The SMILES string of the molecule is Cc1oc2ncnc(NC3(C)CC3)c2c1C(=O)N(I)CC1COC1. The number of carbonyl (C=O) groups excluding carboxylic acids is 1. The first-order chi connectivity index (χ1) is 11.5. The zero-order valence-corrected chi connectivity index (χ0v) is 15.8. The van der Waals surface area contributed by atoms with Crippen molar-refractivity contribution < 1.29 is 13.9 Å². The quantitative estimate of drug-likeness (QED) is 0.567. The van der Waals surface area contributed by atoms with E-state index >= 15 is 0 Å². The molecule has 24 heavy (non-hydrogen) atoms. The Morgan fingerprint density at radius 3 is 2.83 bits per heavy atom. The van der Waals surface area contributed by atoms with Gasteiger partial charge in [0.15, 0.2) is 0 Å². The maximum absolute atomic E-state index is 13.0. The van der Waals surface area contributed by atoms with E-state index in [0.29, 0.717) is 53.9 Å². The number of hydrogen-bond donors (Lipinski definition) is 1. The number of carbonyl (C=O) groups is 1. The standard InChI is InChI=1S/C16H19IN4O3/c1-9-11(15(22)21(17)5-10-6-23-7-10)12-13(20-16(2)3-4-16)18-8-19-14(12)24-9/h8,10H,3-7H2,1-2H3,(H,18,19,20). The fourth-order valence-corrected chi connectivity index (χ4v) is 3.61. The molecule has 1 aliphatic heterocycles. The van der Waals surface area contributed by atoms with Crippen LogP contribution in [0.2, 0.25) is 0 Å². The average Bonchev–Trinajstić information content (AvgIpc) is 3.11. The number of nitrogens with one attached hydrogen (secondary N) is 1. The highest BCUT2D eigenvalue weighted by atomic mass is 127. The van der Waals surface area contributed by atoms with E-state index in [9.17, 15) is 4.79 Å². The number of aryl methyl sites for hydroxylation is 1. The van der Waals surface area contributed by atoms with Crippen molar-refractivity contribution in [1.82, 2.24) is 13.1 Å². The molecular formula is C16H19IN4O3. The van der Waals surface area contributed by atoms with E-state index in [2.05, 4.69) is 45.1 Å². The topological polar surface area (TPSA) is 80.5 Å². The predicted molar refractivity (Wildman–Crippen MR) is 97.2 cm³/mol. The number of rotatable bonds is 5. The average molecular weight is 442 g/mol. The summed E-state index contributed by atoms with van der Waals surface area (Å²) in [6.07, 6.45) is 3.67. The molecule has 1 saturated heterocycles. The van der Waals surface area contributed by atoms with Crippen molar-refractivity contribution in [2.24, 2.45) is 5.92 Å².